The normalized spacial score (nSPS) is 11.4. The van der Waals surface area contributed by atoms with E-state index in [1.165, 1.54) is 10.9 Å². The van der Waals surface area contributed by atoms with E-state index in [1.54, 1.807) is 61.6 Å². The number of hydrogen-bond donors (Lipinski definition) is 4. The molecule has 10 nitrogen and oxygen atoms in total. The third-order valence-corrected chi connectivity index (χ3v) is 5.72. The van der Waals surface area contributed by atoms with Gasteiger partial charge in [0.2, 0.25) is 0 Å². The highest BCUT2D eigenvalue weighted by Gasteiger charge is 2.16. The number of aromatic nitrogens is 5. The van der Waals surface area contributed by atoms with E-state index in [4.69, 9.17) is 0 Å². The minimum Gasteiger partial charge on any atom is -0.494 e. The first-order chi connectivity index (χ1) is 17.3. The van der Waals surface area contributed by atoms with Crippen LogP contribution in [-0.2, 0) is 7.05 Å². The van der Waals surface area contributed by atoms with Gasteiger partial charge in [0.05, 0.1) is 11.3 Å². The molecule has 36 heavy (non-hydrogen) atoms. The first kappa shape index (κ1) is 22.8. The Hall–Kier alpha value is -4.99. The number of carbonyl (C=O) groups is 2. The van der Waals surface area contributed by atoms with Gasteiger partial charge in [-0.1, -0.05) is 24.3 Å². The molecular formula is C26H23N7O3. The molecule has 3 heterocycles. The maximum atomic E-state index is 13.2. The van der Waals surface area contributed by atoms with E-state index >= 15 is 0 Å². The van der Waals surface area contributed by atoms with Crippen LogP contribution in [0.2, 0.25) is 0 Å². The van der Waals surface area contributed by atoms with Crippen LogP contribution in [0.25, 0.3) is 10.9 Å². The summed E-state index contributed by atoms with van der Waals surface area (Å²) < 4.78 is 1.51. The van der Waals surface area contributed by atoms with E-state index in [-0.39, 0.29) is 17.6 Å². The zero-order chi connectivity index (χ0) is 25.4. The number of fused-ring (bicyclic) bond motifs is 1. The van der Waals surface area contributed by atoms with Crippen LogP contribution in [0.5, 0.6) is 5.88 Å². The summed E-state index contributed by atoms with van der Waals surface area (Å²) in [7, 11) is 1.70. The highest BCUT2D eigenvalue weighted by Crippen LogP contribution is 2.28. The van der Waals surface area contributed by atoms with Crippen LogP contribution in [0.4, 0.5) is 11.5 Å². The van der Waals surface area contributed by atoms with Crippen LogP contribution in [0.3, 0.4) is 0 Å². The van der Waals surface area contributed by atoms with E-state index in [9.17, 15) is 14.7 Å². The fourth-order valence-corrected chi connectivity index (χ4v) is 4.00. The summed E-state index contributed by atoms with van der Waals surface area (Å²) in [5, 5.41) is 25.0. The molecule has 1 amide bonds. The number of aromatic hydroxyl groups is 1. The van der Waals surface area contributed by atoms with E-state index in [0.717, 1.165) is 11.4 Å². The van der Waals surface area contributed by atoms with Gasteiger partial charge in [-0.2, -0.15) is 10.2 Å². The number of aryl methyl sites for hydroxylation is 3. The molecule has 0 aliphatic rings. The number of aliphatic imine (C=N–C) groups is 1. The molecule has 0 aliphatic heterocycles. The SMILES string of the molecule is Cc1cc(C(=O)Nc2cccc(C(=O)c3ccc4c(C=Nc5cc(C)[nH]n5)c(O)[nH]c4c3)c2)n(C)n1. The lowest BCUT2D eigenvalue weighted by Crippen LogP contribution is -2.16. The number of rotatable bonds is 6. The lowest BCUT2D eigenvalue weighted by molar-refractivity contribution is 0.101. The van der Waals surface area contributed by atoms with Crippen LogP contribution in [0.1, 0.15) is 43.4 Å². The van der Waals surface area contributed by atoms with Crippen LogP contribution >= 0.6 is 0 Å². The number of carbonyl (C=O) groups excluding carboxylic acids is 2. The number of nitrogens with zero attached hydrogens (tertiary/aromatic N) is 4. The highest BCUT2D eigenvalue weighted by atomic mass is 16.3. The van der Waals surface area contributed by atoms with E-state index in [2.05, 4.69) is 30.6 Å². The number of ketones is 1. The Balaban J connectivity index is 1.38. The van der Waals surface area contributed by atoms with Gasteiger partial charge in [-0.3, -0.25) is 19.4 Å². The molecule has 0 atom stereocenters. The Morgan fingerprint density at radius 3 is 2.61 bits per heavy atom. The zero-order valence-corrected chi connectivity index (χ0v) is 19.8. The van der Waals surface area contributed by atoms with Crippen LogP contribution in [-0.4, -0.2) is 48.0 Å². The number of anilines is 1. The van der Waals surface area contributed by atoms with Crippen molar-refractivity contribution in [1.82, 2.24) is 25.0 Å². The number of hydrogen-bond acceptors (Lipinski definition) is 6. The maximum absolute atomic E-state index is 13.2. The van der Waals surface area contributed by atoms with Gasteiger partial charge in [0, 0.05) is 52.7 Å². The molecule has 5 rings (SSSR count). The number of benzene rings is 2. The second kappa shape index (κ2) is 8.99. The predicted octanol–water partition coefficient (Wildman–Crippen LogP) is 4.18. The van der Waals surface area contributed by atoms with Crippen LogP contribution in [0.15, 0.2) is 59.6 Å². The van der Waals surface area contributed by atoms with Crippen molar-refractivity contribution >= 4 is 40.3 Å². The van der Waals surface area contributed by atoms with Crippen molar-refractivity contribution in [3.05, 3.63) is 88.4 Å². The van der Waals surface area contributed by atoms with E-state index in [0.29, 0.717) is 44.8 Å². The van der Waals surface area contributed by atoms with Crippen molar-refractivity contribution in [2.24, 2.45) is 12.0 Å². The second-order valence-corrected chi connectivity index (χ2v) is 8.47. The second-order valence-electron chi connectivity index (χ2n) is 8.47. The molecule has 0 radical (unpaired) electrons. The van der Waals surface area contributed by atoms with Crippen LogP contribution < -0.4 is 5.32 Å². The third-order valence-electron chi connectivity index (χ3n) is 5.72. The summed E-state index contributed by atoms with van der Waals surface area (Å²) in [6, 6.07) is 15.4. The van der Waals surface area contributed by atoms with Gasteiger partial charge in [0.1, 0.15) is 5.69 Å². The predicted molar refractivity (Wildman–Crippen MR) is 136 cm³/mol. The minimum absolute atomic E-state index is 0.0549. The lowest BCUT2D eigenvalue weighted by atomic mass is 10.0. The summed E-state index contributed by atoms with van der Waals surface area (Å²) in [6.07, 6.45) is 1.53. The van der Waals surface area contributed by atoms with Crippen molar-refractivity contribution in [3.8, 4) is 5.88 Å². The fourth-order valence-electron chi connectivity index (χ4n) is 4.00. The largest absolute Gasteiger partial charge is 0.494 e. The van der Waals surface area contributed by atoms with Gasteiger partial charge < -0.3 is 15.4 Å². The highest BCUT2D eigenvalue weighted by molar-refractivity contribution is 6.13. The van der Waals surface area contributed by atoms with Gasteiger partial charge in [-0.25, -0.2) is 4.99 Å². The zero-order valence-electron chi connectivity index (χ0n) is 19.8. The molecule has 0 bridgehead atoms. The average molecular weight is 482 g/mol. The Morgan fingerprint density at radius 2 is 1.89 bits per heavy atom. The molecular weight excluding hydrogens is 458 g/mol. The van der Waals surface area contributed by atoms with Gasteiger partial charge in [-0.05, 0) is 38.1 Å². The summed E-state index contributed by atoms with van der Waals surface area (Å²) in [5.74, 6) is -0.0925. The van der Waals surface area contributed by atoms with Crippen molar-refractivity contribution in [2.45, 2.75) is 13.8 Å². The molecule has 0 aliphatic carbocycles. The van der Waals surface area contributed by atoms with Crippen LogP contribution in [0, 0.1) is 13.8 Å². The van der Waals surface area contributed by atoms with Crippen molar-refractivity contribution in [1.29, 1.82) is 0 Å². The Labute approximate surface area is 205 Å². The molecule has 0 spiro atoms. The van der Waals surface area contributed by atoms with E-state index in [1.807, 2.05) is 13.8 Å². The summed E-state index contributed by atoms with van der Waals surface area (Å²) in [6.45, 7) is 3.69. The number of amides is 1. The number of nitrogens with one attached hydrogen (secondary N) is 3. The van der Waals surface area contributed by atoms with Crippen molar-refractivity contribution in [3.63, 3.8) is 0 Å². The van der Waals surface area contributed by atoms with Crippen molar-refractivity contribution in [2.75, 3.05) is 5.32 Å². The maximum Gasteiger partial charge on any atom is 0.273 e. The molecule has 3 aromatic heterocycles. The Bertz CT molecular complexity index is 1660. The van der Waals surface area contributed by atoms with Gasteiger partial charge in [0.15, 0.2) is 17.5 Å². The quantitative estimate of drug-likeness (QED) is 0.213. The minimum atomic E-state index is -0.315. The first-order valence-corrected chi connectivity index (χ1v) is 11.2. The molecule has 4 N–H and O–H groups in total. The first-order valence-electron chi connectivity index (χ1n) is 11.2. The van der Waals surface area contributed by atoms with E-state index < -0.39 is 0 Å². The molecule has 5 aromatic rings. The average Bonchev–Trinajstić information content (AvgIpc) is 3.52. The summed E-state index contributed by atoms with van der Waals surface area (Å²) >= 11 is 0. The summed E-state index contributed by atoms with van der Waals surface area (Å²) in [4.78, 5) is 33.0. The standard InChI is InChI=1S/C26H23N7O3/c1-14-10-23(31-30-14)27-13-20-19-8-7-17(12-21(19)29-25(20)35)24(34)16-5-4-6-18(11-16)28-26(36)22-9-15(2)32-33(22)3/h4-13,29,35H,1-3H3,(H,28,36)(H,30,31). The topological polar surface area (TPSA) is 141 Å². The van der Waals surface area contributed by atoms with Gasteiger partial charge >= 0.3 is 0 Å². The Morgan fingerprint density at radius 1 is 1.08 bits per heavy atom. The molecule has 0 saturated carbocycles. The molecule has 0 fully saturated rings. The van der Waals surface area contributed by atoms with Gasteiger partial charge in [-0.15, -0.1) is 0 Å². The number of aromatic amines is 2. The fraction of sp³-hybridized carbons (Fsp3) is 0.115. The molecule has 2 aromatic carbocycles. The molecule has 0 unspecified atom stereocenters. The summed E-state index contributed by atoms with van der Waals surface area (Å²) in [5.41, 5.74) is 4.47. The smallest absolute Gasteiger partial charge is 0.273 e. The lowest BCUT2D eigenvalue weighted by Gasteiger charge is -2.08. The molecule has 10 heteroatoms. The molecule has 180 valence electrons. The third kappa shape index (κ3) is 4.39. The molecule has 0 saturated heterocycles. The monoisotopic (exact) mass is 481 g/mol. The Kier molecular flexibility index (Phi) is 5.69. The number of H-pyrrole nitrogens is 2. The van der Waals surface area contributed by atoms with Crippen molar-refractivity contribution < 1.29 is 14.7 Å². The van der Waals surface area contributed by atoms with Gasteiger partial charge in [0.25, 0.3) is 5.91 Å².